The summed E-state index contributed by atoms with van der Waals surface area (Å²) in [5, 5.41) is 1.10. The van der Waals surface area contributed by atoms with E-state index in [4.69, 9.17) is 10.2 Å². The molecule has 1 aromatic carbocycles. The largest absolute Gasteiger partial charge is 0.432 e. The molecule has 0 saturated carbocycles. The first-order valence-corrected chi connectivity index (χ1v) is 5.93. The van der Waals surface area contributed by atoms with Crippen molar-refractivity contribution in [2.24, 2.45) is 0 Å². The van der Waals surface area contributed by atoms with Crippen LogP contribution in [0.2, 0.25) is 0 Å². The quantitative estimate of drug-likeness (QED) is 0.721. The monoisotopic (exact) mass is 291 g/mol. The summed E-state index contributed by atoms with van der Waals surface area (Å²) >= 11 is 3.47. The average molecular weight is 292 g/mol. The van der Waals surface area contributed by atoms with Crippen LogP contribution in [0.25, 0.3) is 22.2 Å². The Morgan fingerprint density at radius 3 is 2.94 bits per heavy atom. The lowest BCUT2D eigenvalue weighted by atomic mass is 10.1. The predicted octanol–water partition coefficient (Wildman–Crippen LogP) is 3.48. The van der Waals surface area contributed by atoms with Crippen molar-refractivity contribution in [3.63, 3.8) is 0 Å². The standard InChI is InChI=1S/C12H10BrN3O/c1-6-11(10-5-17-12(14)16-10)8-4-7(13)2-3-9(8)15-6/h2-5,15H,1H3,(H2,14,16). The molecule has 0 aliphatic heterocycles. The minimum absolute atomic E-state index is 0.184. The first-order valence-electron chi connectivity index (χ1n) is 5.14. The van der Waals surface area contributed by atoms with Gasteiger partial charge in [-0.25, -0.2) is 0 Å². The minimum atomic E-state index is 0.184. The predicted molar refractivity (Wildman–Crippen MR) is 70.6 cm³/mol. The van der Waals surface area contributed by atoms with Crippen LogP contribution in [-0.4, -0.2) is 9.97 Å². The summed E-state index contributed by atoms with van der Waals surface area (Å²) in [6.07, 6.45) is 1.58. The Balaban J connectivity index is 2.34. The van der Waals surface area contributed by atoms with Gasteiger partial charge < -0.3 is 15.1 Å². The van der Waals surface area contributed by atoms with Gasteiger partial charge in [0.1, 0.15) is 12.0 Å². The van der Waals surface area contributed by atoms with Gasteiger partial charge in [-0.2, -0.15) is 4.98 Å². The van der Waals surface area contributed by atoms with Crippen molar-refractivity contribution in [1.29, 1.82) is 0 Å². The molecule has 0 amide bonds. The molecular weight excluding hydrogens is 282 g/mol. The highest BCUT2D eigenvalue weighted by molar-refractivity contribution is 9.10. The Labute approximate surface area is 106 Å². The topological polar surface area (TPSA) is 67.8 Å². The molecule has 0 fully saturated rings. The molecule has 0 aliphatic carbocycles. The van der Waals surface area contributed by atoms with E-state index in [0.29, 0.717) is 0 Å². The smallest absolute Gasteiger partial charge is 0.292 e. The lowest BCUT2D eigenvalue weighted by molar-refractivity contribution is 0.581. The number of benzene rings is 1. The maximum atomic E-state index is 5.51. The van der Waals surface area contributed by atoms with Crippen molar-refractivity contribution >= 4 is 32.8 Å². The van der Waals surface area contributed by atoms with E-state index in [1.165, 1.54) is 0 Å². The van der Waals surface area contributed by atoms with Crippen LogP contribution in [-0.2, 0) is 0 Å². The van der Waals surface area contributed by atoms with E-state index in [0.717, 1.165) is 32.3 Å². The van der Waals surface area contributed by atoms with Gasteiger partial charge in [-0.05, 0) is 25.1 Å². The van der Waals surface area contributed by atoms with Gasteiger partial charge in [-0.1, -0.05) is 15.9 Å². The number of aromatic amines is 1. The number of anilines is 1. The second-order valence-electron chi connectivity index (χ2n) is 3.89. The summed E-state index contributed by atoms with van der Waals surface area (Å²) in [6, 6.07) is 6.26. The van der Waals surface area contributed by atoms with E-state index in [-0.39, 0.29) is 6.01 Å². The fourth-order valence-corrected chi connectivity index (χ4v) is 2.39. The number of oxazole rings is 1. The second kappa shape index (κ2) is 3.63. The van der Waals surface area contributed by atoms with Crippen LogP contribution in [0.1, 0.15) is 5.69 Å². The first kappa shape index (κ1) is 10.4. The van der Waals surface area contributed by atoms with Gasteiger partial charge in [0.15, 0.2) is 0 Å². The van der Waals surface area contributed by atoms with Crippen molar-refractivity contribution in [3.05, 3.63) is 34.6 Å². The number of nitrogen functional groups attached to an aromatic ring is 1. The number of H-pyrrole nitrogens is 1. The summed E-state index contributed by atoms with van der Waals surface area (Å²) in [7, 11) is 0. The third kappa shape index (κ3) is 1.63. The van der Waals surface area contributed by atoms with Crippen molar-refractivity contribution in [1.82, 2.24) is 9.97 Å². The molecule has 86 valence electrons. The zero-order valence-corrected chi connectivity index (χ0v) is 10.7. The van der Waals surface area contributed by atoms with E-state index < -0.39 is 0 Å². The molecule has 3 N–H and O–H groups in total. The molecule has 0 aliphatic rings. The van der Waals surface area contributed by atoms with Gasteiger partial charge in [0.05, 0.1) is 0 Å². The summed E-state index contributed by atoms with van der Waals surface area (Å²) in [5.74, 6) is 0. The number of fused-ring (bicyclic) bond motifs is 1. The lowest BCUT2D eigenvalue weighted by Gasteiger charge is -1.96. The van der Waals surface area contributed by atoms with Crippen LogP contribution < -0.4 is 5.73 Å². The molecule has 0 unspecified atom stereocenters. The number of nitrogens with zero attached hydrogens (tertiary/aromatic N) is 1. The molecule has 2 aromatic heterocycles. The lowest BCUT2D eigenvalue weighted by Crippen LogP contribution is -1.84. The van der Waals surface area contributed by atoms with E-state index >= 15 is 0 Å². The van der Waals surface area contributed by atoms with E-state index in [9.17, 15) is 0 Å². The Bertz CT molecular complexity index is 699. The number of hydrogen-bond donors (Lipinski definition) is 2. The Morgan fingerprint density at radius 1 is 1.41 bits per heavy atom. The molecule has 5 heteroatoms. The van der Waals surface area contributed by atoms with Gasteiger partial charge in [0, 0.05) is 26.6 Å². The minimum Gasteiger partial charge on any atom is -0.432 e. The molecule has 0 radical (unpaired) electrons. The van der Waals surface area contributed by atoms with Crippen LogP contribution in [0.5, 0.6) is 0 Å². The molecular formula is C12H10BrN3O. The number of aromatic nitrogens is 2. The van der Waals surface area contributed by atoms with Crippen molar-refractivity contribution < 1.29 is 4.42 Å². The van der Waals surface area contributed by atoms with Crippen molar-refractivity contribution in [2.45, 2.75) is 6.92 Å². The summed E-state index contributed by atoms with van der Waals surface area (Å²) < 4.78 is 6.09. The zero-order chi connectivity index (χ0) is 12.0. The van der Waals surface area contributed by atoms with Gasteiger partial charge in [-0.3, -0.25) is 0 Å². The number of rotatable bonds is 1. The Hall–Kier alpha value is -1.75. The van der Waals surface area contributed by atoms with Gasteiger partial charge in [-0.15, -0.1) is 0 Å². The van der Waals surface area contributed by atoms with Crippen LogP contribution in [0.15, 0.2) is 33.4 Å². The Kier molecular flexibility index (Phi) is 2.22. The van der Waals surface area contributed by atoms with Gasteiger partial charge in [0.25, 0.3) is 6.01 Å². The fraction of sp³-hybridized carbons (Fsp3) is 0.0833. The van der Waals surface area contributed by atoms with Crippen LogP contribution in [0.3, 0.4) is 0 Å². The van der Waals surface area contributed by atoms with Crippen LogP contribution >= 0.6 is 15.9 Å². The van der Waals surface area contributed by atoms with Crippen molar-refractivity contribution in [3.8, 4) is 11.3 Å². The van der Waals surface area contributed by atoms with E-state index in [1.807, 2.05) is 19.1 Å². The maximum absolute atomic E-state index is 5.51. The molecule has 3 rings (SSSR count). The molecule has 17 heavy (non-hydrogen) atoms. The molecule has 2 heterocycles. The van der Waals surface area contributed by atoms with Crippen molar-refractivity contribution in [2.75, 3.05) is 5.73 Å². The number of nitrogens with two attached hydrogens (primary N) is 1. The second-order valence-corrected chi connectivity index (χ2v) is 4.80. The molecule has 0 atom stereocenters. The highest BCUT2D eigenvalue weighted by atomic mass is 79.9. The Morgan fingerprint density at radius 2 is 2.24 bits per heavy atom. The average Bonchev–Trinajstić information content (AvgIpc) is 2.81. The molecule has 0 saturated heterocycles. The summed E-state index contributed by atoms with van der Waals surface area (Å²) in [4.78, 5) is 7.49. The molecule has 4 nitrogen and oxygen atoms in total. The number of hydrogen-bond acceptors (Lipinski definition) is 3. The highest BCUT2D eigenvalue weighted by Crippen LogP contribution is 2.33. The summed E-state index contributed by atoms with van der Waals surface area (Å²) in [5.41, 5.74) is 9.41. The summed E-state index contributed by atoms with van der Waals surface area (Å²) in [6.45, 7) is 2.01. The van der Waals surface area contributed by atoms with E-state index in [1.54, 1.807) is 6.26 Å². The van der Waals surface area contributed by atoms with E-state index in [2.05, 4.69) is 32.0 Å². The zero-order valence-electron chi connectivity index (χ0n) is 9.12. The van der Waals surface area contributed by atoms with Crippen LogP contribution in [0, 0.1) is 6.92 Å². The third-order valence-corrected chi connectivity index (χ3v) is 3.22. The normalized spacial score (nSPS) is 11.2. The van der Waals surface area contributed by atoms with Gasteiger partial charge in [0.2, 0.25) is 0 Å². The number of nitrogens with one attached hydrogen (secondary N) is 1. The molecule has 3 aromatic rings. The van der Waals surface area contributed by atoms with Crippen LogP contribution in [0.4, 0.5) is 6.01 Å². The molecule has 0 spiro atoms. The molecule has 0 bridgehead atoms. The first-order chi connectivity index (χ1) is 8.15. The number of aryl methyl sites for hydroxylation is 1. The highest BCUT2D eigenvalue weighted by Gasteiger charge is 2.14. The third-order valence-electron chi connectivity index (χ3n) is 2.73. The SMILES string of the molecule is Cc1[nH]c2ccc(Br)cc2c1-c1coc(N)n1. The van der Waals surface area contributed by atoms with Gasteiger partial charge >= 0.3 is 0 Å². The number of halogens is 1. The maximum Gasteiger partial charge on any atom is 0.292 e. The fourth-order valence-electron chi connectivity index (χ4n) is 2.03.